The summed E-state index contributed by atoms with van der Waals surface area (Å²) in [6, 6.07) is 17.8. The number of carbonyl (C=O) groups is 2. The lowest BCUT2D eigenvalue weighted by Crippen LogP contribution is -2.14. The molecule has 0 aliphatic carbocycles. The summed E-state index contributed by atoms with van der Waals surface area (Å²) in [6.07, 6.45) is 1.55. The molecule has 0 saturated heterocycles. The molecule has 3 rings (SSSR count). The van der Waals surface area contributed by atoms with Gasteiger partial charge in [0.1, 0.15) is 11.6 Å². The highest BCUT2D eigenvalue weighted by Crippen LogP contribution is 2.23. The smallest absolute Gasteiger partial charge is 0.335 e. The molecule has 0 aliphatic rings. The van der Waals surface area contributed by atoms with E-state index >= 15 is 0 Å². The van der Waals surface area contributed by atoms with Crippen molar-refractivity contribution in [2.75, 3.05) is 5.32 Å². The number of nitriles is 1. The van der Waals surface area contributed by atoms with Gasteiger partial charge < -0.3 is 15.0 Å². The van der Waals surface area contributed by atoms with Crippen LogP contribution in [0, 0.1) is 32.1 Å². The van der Waals surface area contributed by atoms with Crippen LogP contribution in [0.15, 0.2) is 60.2 Å². The third kappa shape index (κ3) is 4.31. The SMILES string of the molecule is Cc1ccc(-n2c(C)cc(/C=C(\C#N)C(=O)Nc3cccc(C(=O)O)c3)c2C)cc1. The topological polar surface area (TPSA) is 95.1 Å². The van der Waals surface area contributed by atoms with Crippen molar-refractivity contribution in [1.82, 2.24) is 4.57 Å². The molecule has 30 heavy (non-hydrogen) atoms. The first-order valence-electron chi connectivity index (χ1n) is 9.32. The van der Waals surface area contributed by atoms with Crippen molar-refractivity contribution in [3.05, 3.63) is 88.2 Å². The van der Waals surface area contributed by atoms with Crippen molar-refractivity contribution in [3.63, 3.8) is 0 Å². The summed E-state index contributed by atoms with van der Waals surface area (Å²) in [5.74, 6) is -1.69. The number of carboxylic acid groups (broad SMARTS) is 1. The number of anilines is 1. The summed E-state index contributed by atoms with van der Waals surface area (Å²) in [5, 5.41) is 21.2. The summed E-state index contributed by atoms with van der Waals surface area (Å²) in [5.41, 5.74) is 5.11. The first kappa shape index (κ1) is 20.6. The Hall–Kier alpha value is -4.11. The zero-order chi connectivity index (χ0) is 21.8. The van der Waals surface area contributed by atoms with Crippen LogP contribution < -0.4 is 5.32 Å². The van der Waals surface area contributed by atoms with Gasteiger partial charge in [0.05, 0.1) is 5.56 Å². The number of aromatic carboxylic acids is 1. The van der Waals surface area contributed by atoms with Crippen LogP contribution >= 0.6 is 0 Å². The summed E-state index contributed by atoms with van der Waals surface area (Å²) in [7, 11) is 0. The highest BCUT2D eigenvalue weighted by Gasteiger charge is 2.14. The van der Waals surface area contributed by atoms with E-state index in [0.717, 1.165) is 28.2 Å². The van der Waals surface area contributed by atoms with E-state index in [-0.39, 0.29) is 11.1 Å². The third-order valence-corrected chi connectivity index (χ3v) is 4.79. The Kier molecular flexibility index (Phi) is 5.84. The average Bonchev–Trinajstić information content (AvgIpc) is 3.00. The Balaban J connectivity index is 1.91. The van der Waals surface area contributed by atoms with Crippen molar-refractivity contribution in [1.29, 1.82) is 5.26 Å². The van der Waals surface area contributed by atoms with E-state index < -0.39 is 11.9 Å². The van der Waals surface area contributed by atoms with Crippen LogP contribution in [-0.2, 0) is 4.79 Å². The summed E-state index contributed by atoms with van der Waals surface area (Å²) >= 11 is 0. The zero-order valence-corrected chi connectivity index (χ0v) is 16.9. The van der Waals surface area contributed by atoms with Crippen molar-refractivity contribution in [2.45, 2.75) is 20.8 Å². The van der Waals surface area contributed by atoms with Gasteiger partial charge in [0, 0.05) is 22.8 Å². The van der Waals surface area contributed by atoms with Gasteiger partial charge >= 0.3 is 5.97 Å². The molecule has 6 heteroatoms. The highest BCUT2D eigenvalue weighted by molar-refractivity contribution is 6.10. The van der Waals surface area contributed by atoms with Crippen LogP contribution in [0.1, 0.15) is 32.9 Å². The van der Waals surface area contributed by atoms with Crippen LogP contribution in [0.2, 0.25) is 0 Å². The summed E-state index contributed by atoms with van der Waals surface area (Å²) in [6.45, 7) is 5.92. The Labute approximate surface area is 174 Å². The zero-order valence-electron chi connectivity index (χ0n) is 16.9. The Morgan fingerprint density at radius 2 is 1.77 bits per heavy atom. The molecule has 0 unspecified atom stereocenters. The Morgan fingerprint density at radius 1 is 1.07 bits per heavy atom. The maximum Gasteiger partial charge on any atom is 0.335 e. The van der Waals surface area contributed by atoms with Gasteiger partial charge in [0.15, 0.2) is 0 Å². The number of hydrogen-bond acceptors (Lipinski definition) is 3. The molecular weight excluding hydrogens is 378 g/mol. The van der Waals surface area contributed by atoms with Crippen LogP contribution in [0.4, 0.5) is 5.69 Å². The van der Waals surface area contributed by atoms with Crippen LogP contribution in [0.3, 0.4) is 0 Å². The van der Waals surface area contributed by atoms with Gasteiger partial charge in [0.2, 0.25) is 0 Å². The summed E-state index contributed by atoms with van der Waals surface area (Å²) in [4.78, 5) is 23.7. The van der Waals surface area contributed by atoms with Crippen molar-refractivity contribution in [2.24, 2.45) is 0 Å². The summed E-state index contributed by atoms with van der Waals surface area (Å²) < 4.78 is 2.06. The van der Waals surface area contributed by atoms with Gasteiger partial charge in [-0.25, -0.2) is 4.79 Å². The number of nitrogens with one attached hydrogen (secondary N) is 1. The molecule has 0 fully saturated rings. The maximum absolute atomic E-state index is 12.6. The normalized spacial score (nSPS) is 11.1. The number of amides is 1. The number of carboxylic acids is 1. The minimum atomic E-state index is -1.09. The molecule has 3 aromatic rings. The Morgan fingerprint density at radius 3 is 2.40 bits per heavy atom. The van der Waals surface area contributed by atoms with Gasteiger partial charge in [0.25, 0.3) is 5.91 Å². The van der Waals surface area contributed by atoms with Crippen LogP contribution in [-0.4, -0.2) is 21.6 Å². The molecule has 0 spiro atoms. The minimum Gasteiger partial charge on any atom is -0.478 e. The Bertz CT molecular complexity index is 1200. The van der Waals surface area contributed by atoms with E-state index in [4.69, 9.17) is 5.11 Å². The number of nitrogens with zero attached hydrogens (tertiary/aromatic N) is 2. The third-order valence-electron chi connectivity index (χ3n) is 4.79. The molecule has 6 nitrogen and oxygen atoms in total. The number of hydrogen-bond donors (Lipinski definition) is 2. The fourth-order valence-corrected chi connectivity index (χ4v) is 3.26. The second kappa shape index (κ2) is 8.50. The molecular formula is C24H21N3O3. The lowest BCUT2D eigenvalue weighted by molar-refractivity contribution is -0.112. The van der Waals surface area contributed by atoms with Gasteiger partial charge in [-0.15, -0.1) is 0 Å². The average molecular weight is 399 g/mol. The van der Waals surface area contributed by atoms with Gasteiger partial charge in [-0.3, -0.25) is 4.79 Å². The fraction of sp³-hybridized carbons (Fsp3) is 0.125. The monoisotopic (exact) mass is 399 g/mol. The van der Waals surface area contributed by atoms with Crippen LogP contribution in [0.25, 0.3) is 11.8 Å². The van der Waals surface area contributed by atoms with E-state index in [9.17, 15) is 14.9 Å². The number of aromatic nitrogens is 1. The molecule has 0 aliphatic heterocycles. The quantitative estimate of drug-likeness (QED) is 0.482. The van der Waals surface area contributed by atoms with Crippen LogP contribution in [0.5, 0.6) is 0 Å². The minimum absolute atomic E-state index is 0.0527. The van der Waals surface area contributed by atoms with Gasteiger partial charge in [-0.1, -0.05) is 23.8 Å². The van der Waals surface area contributed by atoms with E-state index in [1.807, 2.05) is 57.2 Å². The lowest BCUT2D eigenvalue weighted by Gasteiger charge is -2.10. The molecule has 0 radical (unpaired) electrons. The molecule has 1 amide bonds. The molecule has 2 N–H and O–H groups in total. The van der Waals surface area contributed by atoms with E-state index in [1.54, 1.807) is 12.1 Å². The van der Waals surface area contributed by atoms with Crippen molar-refractivity contribution >= 4 is 23.6 Å². The second-order valence-corrected chi connectivity index (χ2v) is 7.01. The first-order valence-corrected chi connectivity index (χ1v) is 9.32. The predicted octanol–water partition coefficient (Wildman–Crippen LogP) is 4.65. The largest absolute Gasteiger partial charge is 0.478 e. The van der Waals surface area contributed by atoms with E-state index in [1.165, 1.54) is 18.2 Å². The first-order chi connectivity index (χ1) is 14.3. The van der Waals surface area contributed by atoms with E-state index in [0.29, 0.717) is 5.69 Å². The number of benzene rings is 2. The predicted molar refractivity (Wildman–Crippen MR) is 116 cm³/mol. The van der Waals surface area contributed by atoms with Gasteiger partial charge in [-0.05, 0) is 68.8 Å². The maximum atomic E-state index is 12.6. The van der Waals surface area contributed by atoms with Gasteiger partial charge in [-0.2, -0.15) is 5.26 Å². The fourth-order valence-electron chi connectivity index (χ4n) is 3.26. The molecule has 1 heterocycles. The molecule has 0 atom stereocenters. The van der Waals surface area contributed by atoms with Crippen molar-refractivity contribution in [3.8, 4) is 11.8 Å². The highest BCUT2D eigenvalue weighted by atomic mass is 16.4. The molecule has 150 valence electrons. The molecule has 0 saturated carbocycles. The lowest BCUT2D eigenvalue weighted by atomic mass is 10.1. The molecule has 1 aromatic heterocycles. The van der Waals surface area contributed by atoms with Crippen molar-refractivity contribution < 1.29 is 14.7 Å². The number of carbonyl (C=O) groups excluding carboxylic acids is 1. The molecule has 0 bridgehead atoms. The number of rotatable bonds is 5. The second-order valence-electron chi connectivity index (χ2n) is 7.01. The van der Waals surface area contributed by atoms with E-state index in [2.05, 4.69) is 9.88 Å². The number of aryl methyl sites for hydroxylation is 2. The standard InChI is InChI=1S/C24H21N3O3/c1-15-7-9-22(10-8-15)27-16(2)11-19(17(27)3)12-20(14-25)23(28)26-21-6-4-5-18(13-21)24(29)30/h4-13H,1-3H3,(H,26,28)(H,29,30)/b20-12+. The molecule has 2 aromatic carbocycles.